The van der Waals surface area contributed by atoms with E-state index in [1.165, 1.54) is 4.68 Å². The molecule has 2 aromatic heterocycles. The van der Waals surface area contributed by atoms with Gasteiger partial charge in [-0.2, -0.15) is 5.10 Å². The van der Waals surface area contributed by atoms with E-state index in [1.807, 2.05) is 30.3 Å². The minimum Gasteiger partial charge on any atom is -0.336 e. The minimum atomic E-state index is -0.125. The Kier molecular flexibility index (Phi) is 4.35. The zero-order valence-electron chi connectivity index (χ0n) is 14.3. The zero-order valence-corrected chi connectivity index (χ0v) is 14.3. The highest BCUT2D eigenvalue weighted by molar-refractivity contribution is 5.93. The van der Waals surface area contributed by atoms with E-state index in [9.17, 15) is 9.59 Å². The van der Waals surface area contributed by atoms with Gasteiger partial charge in [0.15, 0.2) is 0 Å². The van der Waals surface area contributed by atoms with Crippen molar-refractivity contribution in [3.63, 3.8) is 0 Å². The molecule has 0 atom stereocenters. The molecule has 1 amide bonds. The third-order valence-corrected chi connectivity index (χ3v) is 4.57. The lowest BCUT2D eigenvalue weighted by molar-refractivity contribution is 0.0758. The molecular formula is C19H19N5O2. The second-order valence-corrected chi connectivity index (χ2v) is 6.28. The average Bonchev–Trinajstić information content (AvgIpc) is 2.85. The van der Waals surface area contributed by atoms with Gasteiger partial charge in [-0.3, -0.25) is 14.3 Å². The van der Waals surface area contributed by atoms with Crippen LogP contribution in [0.25, 0.3) is 0 Å². The SMILES string of the molecule is O=C(c1cccnc1)N1CCc2nn(Cc3ccccc3)c(=O)n2CC1. The Hall–Kier alpha value is -3.22. The maximum Gasteiger partial charge on any atom is 0.346 e. The molecule has 1 aliphatic heterocycles. The third kappa shape index (κ3) is 3.15. The van der Waals surface area contributed by atoms with Gasteiger partial charge in [0.1, 0.15) is 5.82 Å². The van der Waals surface area contributed by atoms with Gasteiger partial charge in [0.05, 0.1) is 12.1 Å². The summed E-state index contributed by atoms with van der Waals surface area (Å²) in [6.45, 7) is 1.93. The minimum absolute atomic E-state index is 0.0616. The fourth-order valence-corrected chi connectivity index (χ4v) is 3.20. The molecule has 0 spiro atoms. The Morgan fingerprint density at radius 3 is 2.65 bits per heavy atom. The lowest BCUT2D eigenvalue weighted by atomic mass is 10.2. The Morgan fingerprint density at radius 1 is 1.04 bits per heavy atom. The van der Waals surface area contributed by atoms with Crippen LogP contribution < -0.4 is 5.69 Å². The van der Waals surface area contributed by atoms with E-state index in [0.717, 1.165) is 11.4 Å². The van der Waals surface area contributed by atoms with Crippen molar-refractivity contribution in [2.75, 3.05) is 13.1 Å². The van der Waals surface area contributed by atoms with Gasteiger partial charge in [0.2, 0.25) is 0 Å². The number of pyridine rings is 1. The fourth-order valence-electron chi connectivity index (χ4n) is 3.20. The second-order valence-electron chi connectivity index (χ2n) is 6.28. The van der Waals surface area contributed by atoms with Crippen LogP contribution >= 0.6 is 0 Å². The summed E-state index contributed by atoms with van der Waals surface area (Å²) in [5, 5.41) is 4.49. The number of hydrogen-bond donors (Lipinski definition) is 0. The predicted octanol–water partition coefficient (Wildman–Crippen LogP) is 1.19. The lowest BCUT2D eigenvalue weighted by Crippen LogP contribution is -2.35. The Morgan fingerprint density at radius 2 is 1.88 bits per heavy atom. The molecule has 0 radical (unpaired) electrons. The highest BCUT2D eigenvalue weighted by Gasteiger charge is 2.23. The fraction of sp³-hybridized carbons (Fsp3) is 0.263. The molecule has 0 aliphatic carbocycles. The van der Waals surface area contributed by atoms with Crippen molar-refractivity contribution in [2.24, 2.45) is 0 Å². The standard InChI is InChI=1S/C19H19N5O2/c25-18(16-7-4-9-20-13-16)22-10-8-17-21-24(19(26)23(17)12-11-22)14-15-5-2-1-3-6-15/h1-7,9,13H,8,10-12,14H2. The van der Waals surface area contributed by atoms with Crippen LogP contribution in [0, 0.1) is 0 Å². The first-order chi connectivity index (χ1) is 12.7. The van der Waals surface area contributed by atoms with Gasteiger partial charge in [-0.25, -0.2) is 9.48 Å². The van der Waals surface area contributed by atoms with Crippen molar-refractivity contribution in [1.82, 2.24) is 24.2 Å². The van der Waals surface area contributed by atoms with E-state index in [1.54, 1.807) is 34.0 Å². The molecule has 7 heteroatoms. The van der Waals surface area contributed by atoms with Crippen molar-refractivity contribution in [3.8, 4) is 0 Å². The molecule has 0 fully saturated rings. The molecule has 132 valence electrons. The van der Waals surface area contributed by atoms with Crippen LogP contribution in [-0.4, -0.2) is 43.2 Å². The van der Waals surface area contributed by atoms with Gasteiger partial charge < -0.3 is 4.90 Å². The number of fused-ring (bicyclic) bond motifs is 1. The number of carbonyl (C=O) groups is 1. The van der Waals surface area contributed by atoms with Crippen molar-refractivity contribution in [2.45, 2.75) is 19.5 Å². The molecular weight excluding hydrogens is 330 g/mol. The van der Waals surface area contributed by atoms with Gasteiger partial charge in [0, 0.05) is 38.4 Å². The number of carbonyl (C=O) groups excluding carboxylic acids is 1. The zero-order chi connectivity index (χ0) is 17.9. The number of benzene rings is 1. The van der Waals surface area contributed by atoms with Crippen molar-refractivity contribution in [3.05, 3.63) is 82.3 Å². The molecule has 0 saturated carbocycles. The van der Waals surface area contributed by atoms with Gasteiger partial charge >= 0.3 is 5.69 Å². The first kappa shape index (κ1) is 16.3. The average molecular weight is 349 g/mol. The summed E-state index contributed by atoms with van der Waals surface area (Å²) in [7, 11) is 0. The largest absolute Gasteiger partial charge is 0.346 e. The monoisotopic (exact) mass is 349 g/mol. The van der Waals surface area contributed by atoms with Gasteiger partial charge in [-0.15, -0.1) is 0 Å². The maximum atomic E-state index is 12.7. The number of hydrogen-bond acceptors (Lipinski definition) is 4. The molecule has 1 aliphatic rings. The van der Waals surface area contributed by atoms with Crippen LogP contribution in [0.1, 0.15) is 21.7 Å². The third-order valence-electron chi connectivity index (χ3n) is 4.57. The quantitative estimate of drug-likeness (QED) is 0.712. The first-order valence-electron chi connectivity index (χ1n) is 8.62. The highest BCUT2D eigenvalue weighted by atomic mass is 16.2. The van der Waals surface area contributed by atoms with E-state index in [2.05, 4.69) is 10.1 Å². The van der Waals surface area contributed by atoms with Gasteiger partial charge in [-0.05, 0) is 17.7 Å². The van der Waals surface area contributed by atoms with Crippen LogP contribution in [-0.2, 0) is 19.5 Å². The molecule has 3 heterocycles. The van der Waals surface area contributed by atoms with Gasteiger partial charge in [-0.1, -0.05) is 30.3 Å². The summed E-state index contributed by atoms with van der Waals surface area (Å²) in [6, 6.07) is 13.3. The lowest BCUT2D eigenvalue weighted by Gasteiger charge is -2.19. The summed E-state index contributed by atoms with van der Waals surface area (Å²) in [5.41, 5.74) is 1.48. The van der Waals surface area contributed by atoms with E-state index in [-0.39, 0.29) is 11.6 Å². The van der Waals surface area contributed by atoms with Crippen LogP contribution in [0.4, 0.5) is 0 Å². The van der Waals surface area contributed by atoms with Crippen LogP contribution in [0.5, 0.6) is 0 Å². The molecule has 0 saturated heterocycles. The summed E-state index contributed by atoms with van der Waals surface area (Å²) >= 11 is 0. The van der Waals surface area contributed by atoms with Crippen LogP contribution in [0.2, 0.25) is 0 Å². The molecule has 0 bridgehead atoms. The molecule has 26 heavy (non-hydrogen) atoms. The Bertz CT molecular complexity index is 963. The van der Waals surface area contributed by atoms with Crippen LogP contribution in [0.15, 0.2) is 59.7 Å². The Labute approximate surface area is 150 Å². The molecule has 3 aromatic rings. The Balaban J connectivity index is 1.51. The predicted molar refractivity (Wildman–Crippen MR) is 95.9 cm³/mol. The highest BCUT2D eigenvalue weighted by Crippen LogP contribution is 2.10. The first-order valence-corrected chi connectivity index (χ1v) is 8.62. The maximum absolute atomic E-state index is 12.7. The van der Waals surface area contributed by atoms with E-state index in [4.69, 9.17) is 0 Å². The number of amides is 1. The molecule has 1 aromatic carbocycles. The van der Waals surface area contributed by atoms with E-state index < -0.39 is 0 Å². The number of nitrogens with zero attached hydrogens (tertiary/aromatic N) is 5. The number of aromatic nitrogens is 4. The summed E-state index contributed by atoms with van der Waals surface area (Å²) in [5.74, 6) is 0.667. The van der Waals surface area contributed by atoms with Crippen molar-refractivity contribution in [1.29, 1.82) is 0 Å². The van der Waals surface area contributed by atoms with Crippen molar-refractivity contribution >= 4 is 5.91 Å². The smallest absolute Gasteiger partial charge is 0.336 e. The van der Waals surface area contributed by atoms with Crippen LogP contribution in [0.3, 0.4) is 0 Å². The summed E-state index contributed by atoms with van der Waals surface area (Å²) < 4.78 is 3.18. The summed E-state index contributed by atoms with van der Waals surface area (Å²) in [4.78, 5) is 31.0. The molecule has 7 nitrogen and oxygen atoms in total. The topological polar surface area (TPSA) is 73.0 Å². The second kappa shape index (κ2) is 6.95. The van der Waals surface area contributed by atoms with E-state index >= 15 is 0 Å². The normalized spacial score (nSPS) is 13.9. The molecule has 4 rings (SSSR count). The van der Waals surface area contributed by atoms with E-state index in [0.29, 0.717) is 38.2 Å². The molecule has 0 unspecified atom stereocenters. The van der Waals surface area contributed by atoms with Crippen molar-refractivity contribution < 1.29 is 4.79 Å². The van der Waals surface area contributed by atoms with Gasteiger partial charge in [0.25, 0.3) is 5.91 Å². The summed E-state index contributed by atoms with van der Waals surface area (Å²) in [6.07, 6.45) is 3.77. The number of rotatable bonds is 3. The molecule has 0 N–H and O–H groups in total.